The third-order valence-electron chi connectivity index (χ3n) is 7.90. The van der Waals surface area contributed by atoms with Crippen LogP contribution in [0.2, 0.25) is 5.02 Å². The number of benzene rings is 1. The van der Waals surface area contributed by atoms with Crippen molar-refractivity contribution in [3.05, 3.63) is 46.7 Å². The predicted octanol–water partition coefficient (Wildman–Crippen LogP) is 5.61. The average molecular weight is 442 g/mol. The zero-order valence-electron chi connectivity index (χ0n) is 18.4. The number of ether oxygens (including phenoxy) is 1. The van der Waals surface area contributed by atoms with Crippen LogP contribution in [-0.4, -0.2) is 21.7 Å². The Hall–Kier alpha value is -2.01. The summed E-state index contributed by atoms with van der Waals surface area (Å²) in [5.74, 6) is 3.34. The molecule has 6 heteroatoms. The topological polar surface area (TPSA) is 56.2 Å². The summed E-state index contributed by atoms with van der Waals surface area (Å²) >= 11 is 6.01. The second-order valence-electron chi connectivity index (χ2n) is 10.1. The van der Waals surface area contributed by atoms with E-state index < -0.39 is 0 Å². The van der Waals surface area contributed by atoms with Gasteiger partial charge in [-0.3, -0.25) is 4.79 Å². The molecular formula is C25H32ClN3O2. The smallest absolute Gasteiger partial charge is 0.272 e. The summed E-state index contributed by atoms with van der Waals surface area (Å²) in [6.45, 7) is 4.42. The normalized spacial score (nSPS) is 29.7. The highest BCUT2D eigenvalue weighted by Gasteiger charge is 2.54. The van der Waals surface area contributed by atoms with E-state index >= 15 is 0 Å². The van der Waals surface area contributed by atoms with Crippen LogP contribution in [0.1, 0.15) is 67.9 Å². The zero-order chi connectivity index (χ0) is 21.6. The maximum atomic E-state index is 13.0. The molecule has 0 radical (unpaired) electrons. The van der Waals surface area contributed by atoms with E-state index in [2.05, 4.69) is 17.3 Å². The Kier molecular flexibility index (Phi) is 5.49. The monoisotopic (exact) mass is 441 g/mol. The van der Waals surface area contributed by atoms with Crippen LogP contribution in [0, 0.1) is 30.1 Å². The van der Waals surface area contributed by atoms with Crippen LogP contribution in [0.3, 0.4) is 0 Å². The van der Waals surface area contributed by atoms with E-state index in [9.17, 15) is 4.79 Å². The summed E-state index contributed by atoms with van der Waals surface area (Å²) in [7, 11) is 0. The van der Waals surface area contributed by atoms with Gasteiger partial charge in [0.1, 0.15) is 11.4 Å². The standard InChI is InChI=1S/C25H32ClN3O2/c1-3-23(25-12-17-9-18(13-25)11-19(10-17)14-25)27-24(30)21-6-7-29(28-21)15-31-22-5-4-20(26)8-16(22)2/h4-8,17-19,23H,3,9-15H2,1-2H3,(H,27,30). The first-order chi connectivity index (χ1) is 14.9. The van der Waals surface area contributed by atoms with Crippen LogP contribution in [0.4, 0.5) is 0 Å². The molecule has 1 aromatic heterocycles. The minimum Gasteiger partial charge on any atom is -0.471 e. The van der Waals surface area contributed by atoms with Crippen molar-refractivity contribution in [3.8, 4) is 5.75 Å². The van der Waals surface area contributed by atoms with Crippen molar-refractivity contribution in [2.24, 2.45) is 23.2 Å². The van der Waals surface area contributed by atoms with Gasteiger partial charge in [0.15, 0.2) is 6.73 Å². The summed E-state index contributed by atoms with van der Waals surface area (Å²) in [5.41, 5.74) is 1.73. The highest BCUT2D eigenvalue weighted by molar-refractivity contribution is 6.30. The number of halogens is 1. The maximum Gasteiger partial charge on any atom is 0.272 e. The van der Waals surface area contributed by atoms with Crippen molar-refractivity contribution in [1.82, 2.24) is 15.1 Å². The van der Waals surface area contributed by atoms with Crippen LogP contribution >= 0.6 is 11.6 Å². The summed E-state index contributed by atoms with van der Waals surface area (Å²) < 4.78 is 7.51. The number of carbonyl (C=O) groups is 1. The minimum atomic E-state index is -0.0657. The van der Waals surface area contributed by atoms with E-state index in [1.165, 1.54) is 38.5 Å². The number of nitrogens with one attached hydrogen (secondary N) is 1. The van der Waals surface area contributed by atoms with Crippen molar-refractivity contribution in [1.29, 1.82) is 0 Å². The molecule has 0 aliphatic heterocycles. The number of aromatic nitrogens is 2. The number of hydrogen-bond acceptors (Lipinski definition) is 3. The second-order valence-corrected chi connectivity index (χ2v) is 10.6. The summed E-state index contributed by atoms with van der Waals surface area (Å²) in [5, 5.41) is 8.52. The Bertz CT molecular complexity index is 934. The average Bonchev–Trinajstić information content (AvgIpc) is 3.19. The van der Waals surface area contributed by atoms with Gasteiger partial charge < -0.3 is 10.1 Å². The lowest BCUT2D eigenvalue weighted by Gasteiger charge is -2.59. The fourth-order valence-electron chi connectivity index (χ4n) is 6.99. The molecule has 5 nitrogen and oxygen atoms in total. The van der Waals surface area contributed by atoms with Gasteiger partial charge in [-0.15, -0.1) is 0 Å². The van der Waals surface area contributed by atoms with E-state index in [0.717, 1.165) is 35.5 Å². The molecule has 6 rings (SSSR count). The Labute approximate surface area is 189 Å². The Balaban J connectivity index is 1.23. The molecule has 1 unspecified atom stereocenters. The van der Waals surface area contributed by atoms with Crippen molar-refractivity contribution < 1.29 is 9.53 Å². The molecule has 1 heterocycles. The summed E-state index contributed by atoms with van der Waals surface area (Å²) in [6, 6.07) is 7.55. The maximum absolute atomic E-state index is 13.0. The van der Waals surface area contributed by atoms with Gasteiger partial charge >= 0.3 is 0 Å². The highest BCUT2D eigenvalue weighted by Crippen LogP contribution is 2.61. The first-order valence-corrected chi connectivity index (χ1v) is 12.0. The van der Waals surface area contributed by atoms with E-state index in [4.69, 9.17) is 16.3 Å². The molecule has 166 valence electrons. The number of amides is 1. The van der Waals surface area contributed by atoms with Crippen LogP contribution < -0.4 is 10.1 Å². The van der Waals surface area contributed by atoms with Gasteiger partial charge in [0.2, 0.25) is 0 Å². The molecule has 4 saturated carbocycles. The van der Waals surface area contributed by atoms with Gasteiger partial charge in [-0.05, 0) is 105 Å². The van der Waals surface area contributed by atoms with Gasteiger partial charge in [0.25, 0.3) is 5.91 Å². The molecule has 2 aromatic rings. The van der Waals surface area contributed by atoms with Gasteiger partial charge in [-0.1, -0.05) is 18.5 Å². The molecule has 4 aliphatic rings. The number of hydrogen-bond donors (Lipinski definition) is 1. The third kappa shape index (κ3) is 4.09. The fraction of sp³-hybridized carbons (Fsp3) is 0.600. The van der Waals surface area contributed by atoms with E-state index in [1.807, 2.05) is 19.1 Å². The number of rotatable bonds is 7. The molecule has 0 spiro atoms. The van der Waals surface area contributed by atoms with Crippen molar-refractivity contribution in [3.63, 3.8) is 0 Å². The molecule has 4 bridgehead atoms. The molecular weight excluding hydrogens is 410 g/mol. The third-order valence-corrected chi connectivity index (χ3v) is 8.14. The highest BCUT2D eigenvalue weighted by atomic mass is 35.5. The molecule has 31 heavy (non-hydrogen) atoms. The van der Waals surface area contributed by atoms with Gasteiger partial charge in [-0.25, -0.2) is 4.68 Å². The molecule has 4 fully saturated rings. The number of aryl methyl sites for hydroxylation is 1. The second kappa shape index (κ2) is 8.16. The molecule has 4 aliphatic carbocycles. The lowest BCUT2D eigenvalue weighted by molar-refractivity contribution is -0.0727. The summed E-state index contributed by atoms with van der Waals surface area (Å²) in [4.78, 5) is 13.0. The van der Waals surface area contributed by atoms with Gasteiger partial charge in [0, 0.05) is 17.3 Å². The Morgan fingerprint density at radius 1 is 1.23 bits per heavy atom. The number of nitrogens with zero attached hydrogens (tertiary/aromatic N) is 2. The van der Waals surface area contributed by atoms with Gasteiger partial charge in [-0.2, -0.15) is 5.10 Å². The lowest BCUT2D eigenvalue weighted by Crippen LogP contribution is -2.56. The first-order valence-electron chi connectivity index (χ1n) is 11.7. The minimum absolute atomic E-state index is 0.0657. The number of carbonyl (C=O) groups excluding carboxylic acids is 1. The molecule has 1 atom stereocenters. The van der Waals surface area contributed by atoms with Crippen molar-refractivity contribution >= 4 is 17.5 Å². The molecule has 1 aromatic carbocycles. The quantitative estimate of drug-likeness (QED) is 0.607. The fourth-order valence-corrected chi connectivity index (χ4v) is 7.22. The SMILES string of the molecule is CCC(NC(=O)c1ccn(COc2ccc(Cl)cc2C)n1)C12CC3CC(CC(C3)C1)C2. The molecule has 0 saturated heterocycles. The van der Waals surface area contributed by atoms with Crippen LogP contribution in [-0.2, 0) is 6.73 Å². The van der Waals surface area contributed by atoms with Crippen molar-refractivity contribution in [2.45, 2.75) is 71.6 Å². The van der Waals surface area contributed by atoms with E-state index in [0.29, 0.717) is 16.1 Å². The van der Waals surface area contributed by atoms with E-state index in [1.54, 1.807) is 23.0 Å². The van der Waals surface area contributed by atoms with Gasteiger partial charge in [0.05, 0.1) is 0 Å². The van der Waals surface area contributed by atoms with Crippen LogP contribution in [0.25, 0.3) is 0 Å². The Morgan fingerprint density at radius 2 is 1.90 bits per heavy atom. The van der Waals surface area contributed by atoms with Crippen LogP contribution in [0.15, 0.2) is 30.5 Å². The molecule has 1 N–H and O–H groups in total. The first kappa shape index (κ1) is 20.9. The van der Waals surface area contributed by atoms with E-state index in [-0.39, 0.29) is 18.7 Å². The Morgan fingerprint density at radius 3 is 2.52 bits per heavy atom. The largest absolute Gasteiger partial charge is 0.471 e. The predicted molar refractivity (Wildman–Crippen MR) is 121 cm³/mol. The molecule has 1 amide bonds. The zero-order valence-corrected chi connectivity index (χ0v) is 19.2. The van der Waals surface area contributed by atoms with Crippen LogP contribution in [0.5, 0.6) is 5.75 Å². The van der Waals surface area contributed by atoms with Crippen molar-refractivity contribution in [2.75, 3.05) is 0 Å². The summed E-state index contributed by atoms with van der Waals surface area (Å²) in [6.07, 6.45) is 10.9. The lowest BCUT2D eigenvalue weighted by atomic mass is 9.47.